The van der Waals surface area contributed by atoms with Crippen LogP contribution in [-0.2, 0) is 0 Å². The molecule has 216 valence electrons. The molecule has 1 aliphatic carbocycles. The minimum atomic E-state index is -1.60. The molecule has 5 rings (SSSR count). The molecule has 1 aliphatic rings. The monoisotopic (exact) mass is 928 g/mol. The third kappa shape index (κ3) is 5.29. The van der Waals surface area contributed by atoms with Gasteiger partial charge in [0, 0.05) is 56.8 Å². The molecule has 4 aromatic heterocycles. The number of halogens is 4. The summed E-state index contributed by atoms with van der Waals surface area (Å²) in [6, 6.07) is 0. The summed E-state index contributed by atoms with van der Waals surface area (Å²) in [7, 11) is -6.39. The lowest BCUT2D eigenvalue weighted by molar-refractivity contribution is 1.41. The molecule has 0 saturated carbocycles. The summed E-state index contributed by atoms with van der Waals surface area (Å²) in [5, 5.41) is 5.69. The Balaban J connectivity index is 2.41. The van der Waals surface area contributed by atoms with Crippen LogP contribution in [0.4, 0.5) is 0 Å². The van der Waals surface area contributed by atoms with E-state index in [1.54, 1.807) is 18.0 Å². The molecule has 0 saturated heterocycles. The van der Waals surface area contributed by atoms with Crippen LogP contribution in [0, 0.1) is 39.0 Å². The van der Waals surface area contributed by atoms with E-state index in [1.807, 2.05) is 0 Å². The van der Waals surface area contributed by atoms with E-state index in [4.69, 9.17) is 0 Å². The number of fused-ring (bicyclic) bond motifs is 4. The summed E-state index contributed by atoms with van der Waals surface area (Å²) in [5.74, 6) is 0. The largest absolute Gasteiger partial charge is 0.142 e. The lowest BCUT2D eigenvalue weighted by atomic mass is 10.2. The van der Waals surface area contributed by atoms with Gasteiger partial charge in [0.15, 0.2) is 0 Å². The van der Waals surface area contributed by atoms with E-state index in [1.165, 1.54) is 56.9 Å². The second-order valence-corrected chi connectivity index (χ2v) is 43.5. The molecular formula is C28H36Br4S4Si4. The van der Waals surface area contributed by atoms with Crippen LogP contribution in [-0.4, -0.2) is 32.3 Å². The van der Waals surface area contributed by atoms with Gasteiger partial charge < -0.3 is 0 Å². The second-order valence-electron chi connectivity index (χ2n) is 14.8. The number of rotatable bonds is 4. The molecule has 0 nitrogen and oxygen atoms in total. The number of hydrogen-bond donors (Lipinski definition) is 0. The van der Waals surface area contributed by atoms with Gasteiger partial charge in [-0.2, -0.15) is 0 Å². The summed E-state index contributed by atoms with van der Waals surface area (Å²) in [5.41, 5.74) is 0. The Bertz CT molecular complexity index is 1800. The molecule has 0 aromatic carbocycles. The van der Waals surface area contributed by atoms with Gasteiger partial charge in [-0.3, -0.25) is 0 Å². The third-order valence-electron chi connectivity index (χ3n) is 7.04. The maximum Gasteiger partial charge on any atom is 0.0919 e. The van der Waals surface area contributed by atoms with E-state index in [-0.39, 0.29) is 0 Å². The molecule has 40 heavy (non-hydrogen) atoms. The molecule has 0 aliphatic heterocycles. The minimum Gasteiger partial charge on any atom is -0.142 e. The summed E-state index contributed by atoms with van der Waals surface area (Å²) in [6.45, 7) is 29.8. The molecule has 0 amide bonds. The van der Waals surface area contributed by atoms with Crippen molar-refractivity contribution in [2.75, 3.05) is 0 Å². The smallest absolute Gasteiger partial charge is 0.0919 e. The Kier molecular flexibility index (Phi) is 8.71. The second kappa shape index (κ2) is 10.6. The Morgan fingerprint density at radius 1 is 0.325 bits per heavy atom. The first kappa shape index (κ1) is 33.0. The van der Waals surface area contributed by atoms with Gasteiger partial charge in [0.05, 0.1) is 50.4 Å². The average Bonchev–Trinajstić information content (AvgIpc) is 3.46. The number of hydrogen-bond acceptors (Lipinski definition) is 4. The van der Waals surface area contributed by atoms with Gasteiger partial charge in [0.2, 0.25) is 0 Å². The van der Waals surface area contributed by atoms with Crippen molar-refractivity contribution in [2.45, 2.75) is 78.6 Å². The van der Waals surface area contributed by atoms with Gasteiger partial charge in [-0.1, -0.05) is 78.6 Å². The van der Waals surface area contributed by atoms with Crippen molar-refractivity contribution in [1.29, 1.82) is 0 Å². The molecule has 0 spiro atoms. The minimum absolute atomic E-state index is 1.34. The molecule has 0 unspecified atom stereocenters. The van der Waals surface area contributed by atoms with Gasteiger partial charge in [0.1, 0.15) is 0 Å². The van der Waals surface area contributed by atoms with Crippen molar-refractivity contribution in [3.8, 4) is 0 Å². The molecular weight excluding hydrogens is 897 g/mol. The summed E-state index contributed by atoms with van der Waals surface area (Å²) in [4.78, 5) is 0. The van der Waals surface area contributed by atoms with Crippen molar-refractivity contribution in [3.05, 3.63) is 56.9 Å². The molecule has 0 bridgehead atoms. The Labute approximate surface area is 291 Å². The van der Waals surface area contributed by atoms with Crippen molar-refractivity contribution in [2.24, 2.45) is 0 Å². The molecule has 4 heterocycles. The first-order valence-electron chi connectivity index (χ1n) is 13.4. The van der Waals surface area contributed by atoms with Crippen LogP contribution in [0.2, 0.25) is 78.6 Å². The first-order valence-corrected chi connectivity index (χ1v) is 33.8. The topological polar surface area (TPSA) is 0 Å². The lowest BCUT2D eigenvalue weighted by Gasteiger charge is -2.14. The average molecular weight is 933 g/mol. The fraction of sp³-hybridized carbons (Fsp3) is 0.429. The van der Waals surface area contributed by atoms with Crippen LogP contribution in [0.1, 0.15) is 0 Å². The number of thiophene rings is 4. The van der Waals surface area contributed by atoms with Crippen LogP contribution in [0.5, 0.6) is 0 Å². The van der Waals surface area contributed by atoms with Gasteiger partial charge >= 0.3 is 0 Å². The van der Waals surface area contributed by atoms with Crippen molar-refractivity contribution in [3.63, 3.8) is 0 Å². The highest BCUT2D eigenvalue weighted by Gasteiger charge is 2.31. The Morgan fingerprint density at radius 3 is 0.600 bits per heavy atom. The quantitative estimate of drug-likeness (QED) is 0.158. The molecule has 0 radical (unpaired) electrons. The molecule has 0 N–H and O–H groups in total. The van der Waals surface area contributed by atoms with E-state index in [2.05, 4.69) is 188 Å². The van der Waals surface area contributed by atoms with E-state index < -0.39 is 32.3 Å². The fourth-order valence-corrected chi connectivity index (χ4v) is 28.7. The van der Waals surface area contributed by atoms with Crippen LogP contribution in [0.15, 0.2) is 17.9 Å². The predicted octanol–water partition coefficient (Wildman–Crippen LogP) is 10.6. The summed E-state index contributed by atoms with van der Waals surface area (Å²) in [6.07, 6.45) is 0. The molecule has 0 fully saturated rings. The van der Waals surface area contributed by atoms with Crippen LogP contribution >= 0.6 is 109 Å². The lowest BCUT2D eigenvalue weighted by Crippen LogP contribution is -2.36. The fourth-order valence-electron chi connectivity index (χ4n) is 5.11. The van der Waals surface area contributed by atoms with Crippen LogP contribution in [0.25, 0.3) is 0 Å². The third-order valence-corrected chi connectivity index (χ3v) is 32.1. The van der Waals surface area contributed by atoms with Gasteiger partial charge in [-0.05, 0) is 63.7 Å². The standard InChI is InChI=1S/C28H36Br4S4Si4/c1-37(2,3)25-17(29)13-14-18(30)26(38(4,5)6)35-23(14)24-16(20(32)28(36-24)40(10,11)12)15-19(31)27(39(7,8)9)34-22(15)21(13)33-25/h1-12H3/b14-13-,16-15-,22-21-,24-23-. The van der Waals surface area contributed by atoms with Crippen LogP contribution < -0.4 is 18.0 Å². The normalized spacial score (nSPS) is 17.6. The van der Waals surface area contributed by atoms with Crippen molar-refractivity contribution in [1.82, 2.24) is 0 Å². The SMILES string of the molecule is C[Si](C)(C)c1sc2/c(c1Br)=c1/c(Br)c([Si](C)(C)C)s/c1=c1\sc([Si](C)(C)C)c(Br)\c1=c1/c(Br)c([Si](C)(C)C)s/c1=2. The highest BCUT2D eigenvalue weighted by molar-refractivity contribution is 9.11. The van der Waals surface area contributed by atoms with Crippen molar-refractivity contribution < 1.29 is 0 Å². The van der Waals surface area contributed by atoms with Crippen LogP contribution in [0.3, 0.4) is 0 Å². The zero-order valence-corrected chi connectivity index (χ0v) is 38.8. The van der Waals surface area contributed by atoms with Gasteiger partial charge in [0.25, 0.3) is 0 Å². The zero-order valence-electron chi connectivity index (χ0n) is 25.1. The first-order chi connectivity index (χ1) is 18.1. The maximum absolute atomic E-state index is 4.25. The molecule has 4 aromatic rings. The maximum atomic E-state index is 4.25. The van der Waals surface area contributed by atoms with Gasteiger partial charge in [-0.25, -0.2) is 0 Å². The van der Waals surface area contributed by atoms with Gasteiger partial charge in [-0.15, -0.1) is 45.3 Å². The molecule has 0 atom stereocenters. The summed E-state index contributed by atoms with van der Waals surface area (Å²) < 4.78 is 17.4. The van der Waals surface area contributed by atoms with E-state index in [9.17, 15) is 0 Å². The highest BCUT2D eigenvalue weighted by atomic mass is 79.9. The Morgan fingerprint density at radius 2 is 0.475 bits per heavy atom. The predicted molar refractivity (Wildman–Crippen MR) is 211 cm³/mol. The highest BCUT2D eigenvalue weighted by Crippen LogP contribution is 2.35. The van der Waals surface area contributed by atoms with E-state index in [0.717, 1.165) is 0 Å². The Hall–Kier alpha value is 1.59. The summed E-state index contributed by atoms with van der Waals surface area (Å²) >= 11 is 25.2. The van der Waals surface area contributed by atoms with Crippen molar-refractivity contribution >= 4 is 159 Å². The molecule has 12 heteroatoms. The van der Waals surface area contributed by atoms with E-state index in [0.29, 0.717) is 0 Å². The van der Waals surface area contributed by atoms with E-state index >= 15 is 0 Å². The zero-order chi connectivity index (χ0) is 30.1.